The van der Waals surface area contributed by atoms with Gasteiger partial charge in [0, 0.05) is 6.61 Å². The highest BCUT2D eigenvalue weighted by atomic mass is 19.3. The van der Waals surface area contributed by atoms with Crippen molar-refractivity contribution in [3.63, 3.8) is 0 Å². The first kappa shape index (κ1) is 17.6. The molecular weight excluding hydrogens is 286 g/mol. The van der Waals surface area contributed by atoms with Crippen molar-refractivity contribution in [1.29, 1.82) is 0 Å². The maximum Gasteiger partial charge on any atom is 0.266 e. The fraction of sp³-hybridized carbons (Fsp3) is 0.778. The van der Waals surface area contributed by atoms with Gasteiger partial charge in [-0.05, 0) is 62.9 Å². The van der Waals surface area contributed by atoms with Crippen LogP contribution in [0.4, 0.5) is 8.78 Å². The van der Waals surface area contributed by atoms with Crippen molar-refractivity contribution in [2.75, 3.05) is 13.2 Å². The summed E-state index contributed by atoms with van der Waals surface area (Å²) >= 11 is 0. The summed E-state index contributed by atoms with van der Waals surface area (Å²) in [6, 6.07) is 0. The Hall–Kier alpha value is -0.740. The van der Waals surface area contributed by atoms with Gasteiger partial charge in [-0.2, -0.15) is 8.78 Å². The van der Waals surface area contributed by atoms with Gasteiger partial charge in [0.25, 0.3) is 6.08 Å². The summed E-state index contributed by atoms with van der Waals surface area (Å²) in [5.41, 5.74) is 0. The van der Waals surface area contributed by atoms with Gasteiger partial charge in [0.05, 0.1) is 18.8 Å². The van der Waals surface area contributed by atoms with Crippen LogP contribution in [0.2, 0.25) is 0 Å². The Kier molecular flexibility index (Phi) is 7.53. The lowest BCUT2D eigenvalue weighted by atomic mass is 9.81. The Morgan fingerprint density at radius 2 is 1.77 bits per heavy atom. The molecule has 2 rings (SSSR count). The van der Waals surface area contributed by atoms with E-state index in [4.69, 9.17) is 9.47 Å². The summed E-state index contributed by atoms with van der Waals surface area (Å²) in [6.07, 6.45) is 11.3. The van der Waals surface area contributed by atoms with Gasteiger partial charge in [-0.3, -0.25) is 0 Å². The minimum Gasteiger partial charge on any atom is -0.376 e. The summed E-state index contributed by atoms with van der Waals surface area (Å²) in [6.45, 7) is 3.61. The van der Waals surface area contributed by atoms with Crippen LogP contribution in [0.15, 0.2) is 24.3 Å². The van der Waals surface area contributed by atoms with Crippen molar-refractivity contribution >= 4 is 0 Å². The summed E-state index contributed by atoms with van der Waals surface area (Å²) in [4.78, 5) is 0. The summed E-state index contributed by atoms with van der Waals surface area (Å²) in [5.74, 6) is 0.585. The lowest BCUT2D eigenvalue weighted by molar-refractivity contribution is -0.0710. The SMILES string of the molecule is CCCOC1CCC(/C=C/C2CCC(C=C(F)F)CC2)OC1. The smallest absolute Gasteiger partial charge is 0.266 e. The molecule has 0 radical (unpaired) electrons. The van der Waals surface area contributed by atoms with Gasteiger partial charge in [-0.25, -0.2) is 0 Å². The monoisotopic (exact) mass is 314 g/mol. The molecule has 2 fully saturated rings. The first-order chi connectivity index (χ1) is 10.7. The Labute approximate surface area is 132 Å². The maximum absolute atomic E-state index is 12.2. The van der Waals surface area contributed by atoms with Gasteiger partial charge in [-0.15, -0.1) is 0 Å². The minimum absolute atomic E-state index is 0.0667. The van der Waals surface area contributed by atoms with Gasteiger partial charge in [0.15, 0.2) is 0 Å². The molecule has 126 valence electrons. The molecule has 1 saturated carbocycles. The molecule has 0 N–H and O–H groups in total. The fourth-order valence-electron chi connectivity index (χ4n) is 3.28. The van der Waals surface area contributed by atoms with Gasteiger partial charge in [0.2, 0.25) is 0 Å². The molecule has 1 saturated heterocycles. The quantitative estimate of drug-likeness (QED) is 0.635. The highest BCUT2D eigenvalue weighted by Gasteiger charge is 2.22. The molecule has 1 aliphatic carbocycles. The van der Waals surface area contributed by atoms with E-state index in [0.29, 0.717) is 12.5 Å². The molecule has 4 heteroatoms. The van der Waals surface area contributed by atoms with Crippen LogP contribution in [0, 0.1) is 11.8 Å². The highest BCUT2D eigenvalue weighted by molar-refractivity contribution is 4.99. The molecule has 0 aromatic heterocycles. The molecule has 0 aromatic rings. The number of hydrogen-bond donors (Lipinski definition) is 0. The second-order valence-electron chi connectivity index (χ2n) is 6.46. The molecule has 1 aliphatic heterocycles. The van der Waals surface area contributed by atoms with Crippen LogP contribution in [-0.2, 0) is 9.47 Å². The van der Waals surface area contributed by atoms with Crippen LogP contribution >= 0.6 is 0 Å². The predicted octanol–water partition coefficient (Wildman–Crippen LogP) is 5.10. The summed E-state index contributed by atoms with van der Waals surface area (Å²) in [7, 11) is 0. The fourth-order valence-corrected chi connectivity index (χ4v) is 3.28. The maximum atomic E-state index is 12.2. The van der Waals surface area contributed by atoms with Gasteiger partial charge in [0.1, 0.15) is 0 Å². The van der Waals surface area contributed by atoms with Crippen molar-refractivity contribution in [3.8, 4) is 0 Å². The van der Waals surface area contributed by atoms with E-state index in [1.165, 1.54) is 0 Å². The standard InChI is InChI=1S/C18H28F2O2/c1-2-11-21-17-10-9-16(22-13-17)8-7-14-3-5-15(6-4-14)12-18(19)20/h7-8,12,14-17H,2-6,9-11,13H2,1H3/b8-7+. The van der Waals surface area contributed by atoms with Crippen LogP contribution < -0.4 is 0 Å². The Morgan fingerprint density at radius 1 is 1.05 bits per heavy atom. The average Bonchev–Trinajstić information content (AvgIpc) is 2.53. The van der Waals surface area contributed by atoms with Crippen molar-refractivity contribution in [2.24, 2.45) is 11.8 Å². The van der Waals surface area contributed by atoms with Crippen LogP contribution in [-0.4, -0.2) is 25.4 Å². The second-order valence-corrected chi connectivity index (χ2v) is 6.46. The molecule has 0 amide bonds. The van der Waals surface area contributed by atoms with Crippen molar-refractivity contribution < 1.29 is 18.3 Å². The molecule has 0 aromatic carbocycles. The lowest BCUT2D eigenvalue weighted by Gasteiger charge is -2.28. The van der Waals surface area contributed by atoms with E-state index >= 15 is 0 Å². The van der Waals surface area contributed by atoms with Gasteiger partial charge in [-0.1, -0.05) is 19.1 Å². The Morgan fingerprint density at radius 3 is 2.36 bits per heavy atom. The molecule has 2 atom stereocenters. The van der Waals surface area contributed by atoms with E-state index in [9.17, 15) is 8.78 Å². The van der Waals surface area contributed by atoms with Crippen LogP contribution in [0.1, 0.15) is 51.9 Å². The zero-order chi connectivity index (χ0) is 15.8. The largest absolute Gasteiger partial charge is 0.376 e. The third-order valence-electron chi connectivity index (χ3n) is 4.60. The van der Waals surface area contributed by atoms with Crippen molar-refractivity contribution in [1.82, 2.24) is 0 Å². The molecule has 22 heavy (non-hydrogen) atoms. The first-order valence-corrected chi connectivity index (χ1v) is 8.61. The molecule has 1 heterocycles. The third kappa shape index (κ3) is 6.17. The summed E-state index contributed by atoms with van der Waals surface area (Å²) < 4.78 is 36.0. The van der Waals surface area contributed by atoms with E-state index in [0.717, 1.165) is 57.6 Å². The number of hydrogen-bond acceptors (Lipinski definition) is 2. The first-order valence-electron chi connectivity index (χ1n) is 8.61. The number of halogens is 2. The van der Waals surface area contributed by atoms with Crippen LogP contribution in [0.25, 0.3) is 0 Å². The molecule has 2 unspecified atom stereocenters. The van der Waals surface area contributed by atoms with Crippen LogP contribution in [0.5, 0.6) is 0 Å². The summed E-state index contributed by atoms with van der Waals surface area (Å²) in [5, 5.41) is 0. The van der Waals surface area contributed by atoms with Crippen molar-refractivity contribution in [3.05, 3.63) is 24.3 Å². The number of allylic oxidation sites excluding steroid dienone is 2. The van der Waals surface area contributed by atoms with E-state index < -0.39 is 6.08 Å². The van der Waals surface area contributed by atoms with Crippen molar-refractivity contribution in [2.45, 2.75) is 64.1 Å². The molecule has 0 spiro atoms. The third-order valence-corrected chi connectivity index (χ3v) is 4.60. The zero-order valence-electron chi connectivity index (χ0n) is 13.5. The Balaban J connectivity index is 1.65. The second kappa shape index (κ2) is 9.41. The van der Waals surface area contributed by atoms with Gasteiger partial charge < -0.3 is 9.47 Å². The van der Waals surface area contributed by atoms with E-state index in [-0.39, 0.29) is 18.1 Å². The topological polar surface area (TPSA) is 18.5 Å². The van der Waals surface area contributed by atoms with E-state index in [1.54, 1.807) is 0 Å². The predicted molar refractivity (Wildman–Crippen MR) is 83.9 cm³/mol. The van der Waals surface area contributed by atoms with Crippen LogP contribution in [0.3, 0.4) is 0 Å². The molecular formula is C18H28F2O2. The average molecular weight is 314 g/mol. The molecule has 2 aliphatic rings. The van der Waals surface area contributed by atoms with Gasteiger partial charge >= 0.3 is 0 Å². The van der Waals surface area contributed by atoms with E-state index in [1.807, 2.05) is 0 Å². The number of rotatable bonds is 6. The Bertz CT molecular complexity index is 361. The molecule has 2 nitrogen and oxygen atoms in total. The zero-order valence-corrected chi connectivity index (χ0v) is 13.5. The highest BCUT2D eigenvalue weighted by Crippen LogP contribution is 2.31. The normalized spacial score (nSPS) is 33.0. The lowest BCUT2D eigenvalue weighted by Crippen LogP contribution is -2.30. The number of ether oxygens (including phenoxy) is 2. The molecule has 0 bridgehead atoms. The van der Waals surface area contributed by atoms with E-state index in [2.05, 4.69) is 19.1 Å². The minimum atomic E-state index is -1.53.